The monoisotopic (exact) mass is 460 g/mol. The number of halogens is 3. The number of nitrogens with zero attached hydrogens (tertiary/aromatic N) is 1. The standard InChI is InChI=1S/C22H15ClF2N2O3S/c1-12(19-16(24)9-8-15(23)20(19)25)29-14-7-10-17-18(11-14)31-21(26-17)27-22(28)30-13-5-3-2-4-6-13/h2-12H,1H3,(H,26,27,28). The van der Waals surface area contributed by atoms with Crippen LogP contribution >= 0.6 is 22.9 Å². The van der Waals surface area contributed by atoms with Gasteiger partial charge in [0.15, 0.2) is 10.9 Å². The molecule has 3 aromatic carbocycles. The average molecular weight is 461 g/mol. The number of thiazole rings is 1. The number of anilines is 1. The zero-order chi connectivity index (χ0) is 22.0. The number of hydrogen-bond donors (Lipinski definition) is 1. The third-order valence-corrected chi connectivity index (χ3v) is 5.55. The summed E-state index contributed by atoms with van der Waals surface area (Å²) in [5.74, 6) is -0.791. The van der Waals surface area contributed by atoms with Crippen molar-refractivity contribution in [3.63, 3.8) is 0 Å². The Morgan fingerprint density at radius 1 is 1.10 bits per heavy atom. The molecule has 1 heterocycles. The fourth-order valence-corrected chi connectivity index (χ4v) is 3.96. The van der Waals surface area contributed by atoms with Crippen molar-refractivity contribution in [2.45, 2.75) is 13.0 Å². The summed E-state index contributed by atoms with van der Waals surface area (Å²) < 4.78 is 39.9. The summed E-state index contributed by atoms with van der Waals surface area (Å²) in [7, 11) is 0. The van der Waals surface area contributed by atoms with Gasteiger partial charge in [0.05, 0.1) is 20.8 Å². The van der Waals surface area contributed by atoms with E-state index < -0.39 is 23.8 Å². The molecular weight excluding hydrogens is 446 g/mol. The maximum absolute atomic E-state index is 14.2. The number of nitrogens with one attached hydrogen (secondary N) is 1. The number of ether oxygens (including phenoxy) is 2. The summed E-state index contributed by atoms with van der Waals surface area (Å²) in [5.41, 5.74) is 0.378. The lowest BCUT2D eigenvalue weighted by Crippen LogP contribution is -2.16. The molecule has 9 heteroatoms. The van der Waals surface area contributed by atoms with Gasteiger partial charge in [-0.1, -0.05) is 41.1 Å². The van der Waals surface area contributed by atoms with E-state index in [0.717, 1.165) is 12.1 Å². The maximum atomic E-state index is 14.2. The smallest absolute Gasteiger partial charge is 0.418 e. The van der Waals surface area contributed by atoms with Crippen LogP contribution in [-0.4, -0.2) is 11.1 Å². The quantitative estimate of drug-likeness (QED) is 0.326. The minimum absolute atomic E-state index is 0.178. The number of hydrogen-bond acceptors (Lipinski definition) is 5. The lowest BCUT2D eigenvalue weighted by atomic mass is 10.1. The molecule has 0 bridgehead atoms. The van der Waals surface area contributed by atoms with E-state index in [2.05, 4.69) is 10.3 Å². The van der Waals surface area contributed by atoms with Crippen LogP contribution in [0.2, 0.25) is 5.02 Å². The van der Waals surface area contributed by atoms with Gasteiger partial charge in [-0.2, -0.15) is 0 Å². The minimum Gasteiger partial charge on any atom is -0.486 e. The van der Waals surface area contributed by atoms with E-state index in [1.54, 1.807) is 42.5 Å². The van der Waals surface area contributed by atoms with Crippen molar-refractivity contribution in [2.75, 3.05) is 5.32 Å². The molecule has 158 valence electrons. The lowest BCUT2D eigenvalue weighted by molar-refractivity contribution is 0.215. The SMILES string of the molecule is CC(Oc1ccc2nc(NC(=O)Oc3ccccc3)sc2c1)c1c(F)ccc(Cl)c1F. The van der Waals surface area contributed by atoms with Crippen LogP contribution in [0.15, 0.2) is 60.7 Å². The highest BCUT2D eigenvalue weighted by Crippen LogP contribution is 2.33. The molecule has 0 spiro atoms. The average Bonchev–Trinajstić information content (AvgIpc) is 3.13. The molecule has 1 N–H and O–H groups in total. The first-order valence-corrected chi connectivity index (χ1v) is 10.3. The van der Waals surface area contributed by atoms with Gasteiger partial charge in [-0.3, -0.25) is 5.32 Å². The Kier molecular flexibility index (Phi) is 6.01. The Morgan fingerprint density at radius 2 is 1.87 bits per heavy atom. The summed E-state index contributed by atoms with van der Waals surface area (Å²) in [6, 6.07) is 15.9. The molecule has 0 fully saturated rings. The van der Waals surface area contributed by atoms with Gasteiger partial charge in [-0.15, -0.1) is 0 Å². The van der Waals surface area contributed by atoms with Crippen molar-refractivity contribution in [3.8, 4) is 11.5 Å². The lowest BCUT2D eigenvalue weighted by Gasteiger charge is -2.17. The molecule has 0 radical (unpaired) electrons. The summed E-state index contributed by atoms with van der Waals surface area (Å²) in [5, 5.41) is 2.74. The molecule has 0 aliphatic heterocycles. The van der Waals surface area contributed by atoms with Crippen molar-refractivity contribution in [1.82, 2.24) is 4.98 Å². The summed E-state index contributed by atoms with van der Waals surface area (Å²) in [6.07, 6.45) is -1.58. The minimum atomic E-state index is -0.914. The van der Waals surface area contributed by atoms with E-state index in [4.69, 9.17) is 21.1 Å². The van der Waals surface area contributed by atoms with Gasteiger partial charge in [0.1, 0.15) is 23.4 Å². The second-order valence-electron chi connectivity index (χ2n) is 6.49. The van der Waals surface area contributed by atoms with Crippen molar-refractivity contribution >= 4 is 44.4 Å². The zero-order valence-electron chi connectivity index (χ0n) is 16.1. The molecule has 5 nitrogen and oxygen atoms in total. The Hall–Kier alpha value is -3.23. The van der Waals surface area contributed by atoms with Gasteiger partial charge in [-0.05, 0) is 49.4 Å². The molecule has 1 aromatic heterocycles. The summed E-state index contributed by atoms with van der Waals surface area (Å²) >= 11 is 6.97. The Balaban J connectivity index is 1.49. The van der Waals surface area contributed by atoms with Crippen molar-refractivity contribution in [3.05, 3.63) is 82.9 Å². The van der Waals surface area contributed by atoms with Gasteiger partial charge in [0.2, 0.25) is 0 Å². The van der Waals surface area contributed by atoms with E-state index in [-0.39, 0.29) is 10.6 Å². The number of rotatable bonds is 5. The molecular formula is C22H15ClF2N2O3S. The van der Waals surface area contributed by atoms with E-state index in [9.17, 15) is 13.6 Å². The highest BCUT2D eigenvalue weighted by atomic mass is 35.5. The molecule has 1 atom stereocenters. The number of carbonyl (C=O) groups excluding carboxylic acids is 1. The predicted molar refractivity (Wildman–Crippen MR) is 116 cm³/mol. The first-order chi connectivity index (χ1) is 14.9. The number of amides is 1. The van der Waals surface area contributed by atoms with Crippen LogP contribution in [0.4, 0.5) is 18.7 Å². The molecule has 0 saturated heterocycles. The van der Waals surface area contributed by atoms with E-state index in [1.165, 1.54) is 18.3 Å². The summed E-state index contributed by atoms with van der Waals surface area (Å²) in [6.45, 7) is 1.53. The Labute approximate surface area is 185 Å². The van der Waals surface area contributed by atoms with Gasteiger partial charge < -0.3 is 9.47 Å². The van der Waals surface area contributed by atoms with Crippen molar-refractivity contribution < 1.29 is 23.0 Å². The number of aromatic nitrogens is 1. The molecule has 4 rings (SSSR count). The molecule has 1 amide bonds. The second-order valence-corrected chi connectivity index (χ2v) is 7.93. The van der Waals surface area contributed by atoms with Gasteiger partial charge in [-0.25, -0.2) is 18.6 Å². The molecule has 0 saturated carbocycles. The van der Waals surface area contributed by atoms with Crippen LogP contribution in [0.25, 0.3) is 10.2 Å². The molecule has 1 unspecified atom stereocenters. The first kappa shape index (κ1) is 21.0. The predicted octanol–water partition coefficient (Wildman–Crippen LogP) is 6.98. The summed E-state index contributed by atoms with van der Waals surface area (Å²) in [4.78, 5) is 16.4. The number of carbonyl (C=O) groups is 1. The van der Waals surface area contributed by atoms with Gasteiger partial charge >= 0.3 is 6.09 Å². The van der Waals surface area contributed by atoms with Crippen LogP contribution in [-0.2, 0) is 0 Å². The fourth-order valence-electron chi connectivity index (χ4n) is 2.92. The second kappa shape index (κ2) is 8.87. The highest BCUT2D eigenvalue weighted by Gasteiger charge is 2.20. The van der Waals surface area contributed by atoms with E-state index in [1.807, 2.05) is 6.07 Å². The topological polar surface area (TPSA) is 60.5 Å². The Morgan fingerprint density at radius 3 is 2.65 bits per heavy atom. The third kappa shape index (κ3) is 4.76. The number of benzene rings is 3. The van der Waals surface area contributed by atoms with Crippen LogP contribution in [0.1, 0.15) is 18.6 Å². The van der Waals surface area contributed by atoms with E-state index in [0.29, 0.717) is 26.8 Å². The fraction of sp³-hybridized carbons (Fsp3) is 0.0909. The Bertz CT molecular complexity index is 1250. The first-order valence-electron chi connectivity index (χ1n) is 9.15. The van der Waals surface area contributed by atoms with Crippen LogP contribution in [0.5, 0.6) is 11.5 Å². The van der Waals surface area contributed by atoms with Crippen LogP contribution < -0.4 is 14.8 Å². The maximum Gasteiger partial charge on any atom is 0.418 e. The van der Waals surface area contributed by atoms with Gasteiger partial charge in [0, 0.05) is 0 Å². The molecule has 0 aliphatic rings. The van der Waals surface area contributed by atoms with Crippen LogP contribution in [0, 0.1) is 11.6 Å². The molecule has 31 heavy (non-hydrogen) atoms. The van der Waals surface area contributed by atoms with Gasteiger partial charge in [0.25, 0.3) is 0 Å². The zero-order valence-corrected chi connectivity index (χ0v) is 17.6. The number of para-hydroxylation sites is 1. The van der Waals surface area contributed by atoms with Crippen molar-refractivity contribution in [2.24, 2.45) is 0 Å². The molecule has 4 aromatic rings. The number of fused-ring (bicyclic) bond motifs is 1. The van der Waals surface area contributed by atoms with Crippen molar-refractivity contribution in [1.29, 1.82) is 0 Å². The van der Waals surface area contributed by atoms with E-state index >= 15 is 0 Å². The van der Waals surface area contributed by atoms with Crippen LogP contribution in [0.3, 0.4) is 0 Å². The normalized spacial score (nSPS) is 11.9. The molecule has 0 aliphatic carbocycles. The largest absolute Gasteiger partial charge is 0.486 e. The highest BCUT2D eigenvalue weighted by molar-refractivity contribution is 7.22. The third-order valence-electron chi connectivity index (χ3n) is 4.32.